The highest BCUT2D eigenvalue weighted by Crippen LogP contribution is 2.27. The van der Waals surface area contributed by atoms with Gasteiger partial charge in [-0.1, -0.05) is 19.1 Å². The molecule has 0 fully saturated rings. The fraction of sp³-hybridized carbons (Fsp3) is 0.130. The molecule has 0 aliphatic carbocycles. The van der Waals surface area contributed by atoms with Gasteiger partial charge in [0.1, 0.15) is 11.6 Å². The predicted octanol–water partition coefficient (Wildman–Crippen LogP) is 4.17. The van der Waals surface area contributed by atoms with Gasteiger partial charge in [-0.2, -0.15) is 9.78 Å². The number of primary amides is 1. The number of amides is 1. The molecule has 3 heterocycles. The molecule has 0 bridgehead atoms. The number of carbonyl (C=O) groups is 1. The second kappa shape index (κ2) is 8.66. The zero-order chi connectivity index (χ0) is 21.8. The Hall–Kier alpha value is -4.20. The minimum absolute atomic E-state index is 0.415. The molecule has 0 atom stereocenters. The Bertz CT molecular complexity index is 1230. The van der Waals surface area contributed by atoms with E-state index in [1.807, 2.05) is 37.3 Å². The zero-order valence-corrected chi connectivity index (χ0v) is 17.2. The van der Waals surface area contributed by atoms with Crippen LogP contribution >= 0.6 is 0 Å². The standard InChI is InChI=1S/C23H22N6O2/c1-3-17-7-5-9-21(27-17)29-22(12-15(2)28-29)31-19-10-11-25-20(14-19)26-18-8-4-6-16(13-18)23(24)30/h4-14H,3H2,1-2H3,(H2,24,30)(H,25,26). The van der Waals surface area contributed by atoms with E-state index >= 15 is 0 Å². The number of ether oxygens (including phenoxy) is 1. The van der Waals surface area contributed by atoms with Crippen LogP contribution in [0, 0.1) is 6.92 Å². The molecule has 0 aliphatic rings. The molecule has 3 N–H and O–H groups in total. The van der Waals surface area contributed by atoms with Crippen LogP contribution in [0.3, 0.4) is 0 Å². The van der Waals surface area contributed by atoms with Crippen LogP contribution in [0.15, 0.2) is 66.9 Å². The molecule has 31 heavy (non-hydrogen) atoms. The van der Waals surface area contributed by atoms with Crippen LogP contribution in [0.5, 0.6) is 11.6 Å². The first-order valence-corrected chi connectivity index (χ1v) is 9.85. The number of nitrogens with zero attached hydrogens (tertiary/aromatic N) is 4. The van der Waals surface area contributed by atoms with Gasteiger partial charge in [-0.15, -0.1) is 0 Å². The lowest BCUT2D eigenvalue weighted by Crippen LogP contribution is -2.10. The maximum absolute atomic E-state index is 11.4. The molecule has 8 nitrogen and oxygen atoms in total. The number of pyridine rings is 2. The van der Waals surface area contributed by atoms with E-state index in [-0.39, 0.29) is 0 Å². The number of benzene rings is 1. The molecule has 4 rings (SSSR count). The van der Waals surface area contributed by atoms with Gasteiger partial charge in [0, 0.05) is 35.3 Å². The van der Waals surface area contributed by atoms with Gasteiger partial charge in [0.15, 0.2) is 5.82 Å². The number of nitrogens with two attached hydrogens (primary N) is 1. The molecule has 0 saturated heterocycles. The van der Waals surface area contributed by atoms with Crippen LogP contribution in [0.1, 0.15) is 28.7 Å². The SMILES string of the molecule is CCc1cccc(-n2nc(C)cc2Oc2ccnc(Nc3cccc(C(N)=O)c3)c2)n1. The molecule has 1 aromatic carbocycles. The molecule has 0 aliphatic heterocycles. The highest BCUT2D eigenvalue weighted by molar-refractivity contribution is 5.93. The third-order valence-corrected chi connectivity index (χ3v) is 4.54. The topological polar surface area (TPSA) is 108 Å². The molecule has 8 heteroatoms. The first-order valence-electron chi connectivity index (χ1n) is 9.85. The molecule has 3 aromatic heterocycles. The minimum Gasteiger partial charge on any atom is -0.439 e. The Kier molecular flexibility index (Phi) is 5.61. The summed E-state index contributed by atoms with van der Waals surface area (Å²) in [6, 6.07) is 18.1. The van der Waals surface area contributed by atoms with Gasteiger partial charge in [-0.05, 0) is 49.7 Å². The van der Waals surface area contributed by atoms with Gasteiger partial charge < -0.3 is 15.8 Å². The van der Waals surface area contributed by atoms with Gasteiger partial charge in [0.25, 0.3) is 0 Å². The molecule has 156 valence electrons. The van der Waals surface area contributed by atoms with Crippen molar-refractivity contribution in [3.05, 3.63) is 83.8 Å². The van der Waals surface area contributed by atoms with Crippen molar-refractivity contribution < 1.29 is 9.53 Å². The second-order valence-electron chi connectivity index (χ2n) is 6.93. The molecular formula is C23H22N6O2. The van der Waals surface area contributed by atoms with Crippen molar-refractivity contribution >= 4 is 17.4 Å². The van der Waals surface area contributed by atoms with E-state index in [0.29, 0.717) is 34.5 Å². The Morgan fingerprint density at radius 1 is 1.13 bits per heavy atom. The average Bonchev–Trinajstić information content (AvgIpc) is 3.14. The van der Waals surface area contributed by atoms with Crippen molar-refractivity contribution in [3.8, 4) is 17.4 Å². The van der Waals surface area contributed by atoms with Crippen molar-refractivity contribution in [2.24, 2.45) is 5.73 Å². The fourth-order valence-corrected chi connectivity index (χ4v) is 3.06. The number of hydrogen-bond donors (Lipinski definition) is 2. The van der Waals surface area contributed by atoms with Gasteiger partial charge in [0.2, 0.25) is 11.8 Å². The molecule has 0 unspecified atom stereocenters. The summed E-state index contributed by atoms with van der Waals surface area (Å²) in [6.07, 6.45) is 2.47. The van der Waals surface area contributed by atoms with Crippen molar-refractivity contribution in [2.75, 3.05) is 5.32 Å². The van der Waals surface area contributed by atoms with Gasteiger partial charge in [0.05, 0.1) is 5.69 Å². The van der Waals surface area contributed by atoms with E-state index in [1.54, 1.807) is 41.2 Å². The number of aryl methyl sites for hydroxylation is 2. The Morgan fingerprint density at radius 3 is 2.77 bits per heavy atom. The summed E-state index contributed by atoms with van der Waals surface area (Å²) in [5.74, 6) is 1.90. The number of aromatic nitrogens is 4. The quantitative estimate of drug-likeness (QED) is 0.470. The van der Waals surface area contributed by atoms with Crippen LogP contribution in [-0.2, 0) is 6.42 Å². The summed E-state index contributed by atoms with van der Waals surface area (Å²) in [5.41, 5.74) is 8.26. The lowest BCUT2D eigenvalue weighted by molar-refractivity contribution is 0.100. The maximum Gasteiger partial charge on any atom is 0.248 e. The van der Waals surface area contributed by atoms with Gasteiger partial charge in [-0.3, -0.25) is 4.79 Å². The van der Waals surface area contributed by atoms with Crippen LogP contribution in [0.25, 0.3) is 5.82 Å². The molecule has 1 amide bonds. The summed E-state index contributed by atoms with van der Waals surface area (Å²) in [7, 11) is 0. The third-order valence-electron chi connectivity index (χ3n) is 4.54. The normalized spacial score (nSPS) is 10.6. The second-order valence-corrected chi connectivity index (χ2v) is 6.93. The molecule has 0 spiro atoms. The fourth-order valence-electron chi connectivity index (χ4n) is 3.06. The number of anilines is 2. The molecule has 0 saturated carbocycles. The van der Waals surface area contributed by atoms with Gasteiger partial charge >= 0.3 is 0 Å². The smallest absolute Gasteiger partial charge is 0.248 e. The Morgan fingerprint density at radius 2 is 1.97 bits per heavy atom. The Balaban J connectivity index is 1.59. The molecule has 0 radical (unpaired) electrons. The van der Waals surface area contributed by atoms with E-state index in [2.05, 4.69) is 27.3 Å². The van der Waals surface area contributed by atoms with E-state index in [4.69, 9.17) is 10.5 Å². The maximum atomic E-state index is 11.4. The largest absolute Gasteiger partial charge is 0.439 e. The van der Waals surface area contributed by atoms with Crippen LogP contribution in [-0.4, -0.2) is 25.7 Å². The summed E-state index contributed by atoms with van der Waals surface area (Å²) < 4.78 is 7.78. The summed E-state index contributed by atoms with van der Waals surface area (Å²) >= 11 is 0. The summed E-state index contributed by atoms with van der Waals surface area (Å²) in [6.45, 7) is 3.96. The Labute approximate surface area is 179 Å². The predicted molar refractivity (Wildman–Crippen MR) is 118 cm³/mol. The third kappa shape index (κ3) is 4.69. The number of carbonyl (C=O) groups excluding carboxylic acids is 1. The van der Waals surface area contributed by atoms with Crippen LogP contribution in [0.4, 0.5) is 11.5 Å². The average molecular weight is 414 g/mol. The molecular weight excluding hydrogens is 392 g/mol. The van der Waals surface area contributed by atoms with Crippen molar-refractivity contribution in [2.45, 2.75) is 20.3 Å². The van der Waals surface area contributed by atoms with E-state index in [0.717, 1.165) is 17.8 Å². The lowest BCUT2D eigenvalue weighted by Gasteiger charge is -2.11. The van der Waals surface area contributed by atoms with Crippen LogP contribution < -0.4 is 15.8 Å². The number of hydrogen-bond acceptors (Lipinski definition) is 6. The van der Waals surface area contributed by atoms with Crippen molar-refractivity contribution in [3.63, 3.8) is 0 Å². The summed E-state index contributed by atoms with van der Waals surface area (Å²) in [4.78, 5) is 20.3. The van der Waals surface area contributed by atoms with E-state index in [9.17, 15) is 4.79 Å². The minimum atomic E-state index is -0.488. The van der Waals surface area contributed by atoms with Gasteiger partial charge in [-0.25, -0.2) is 9.97 Å². The molecule has 4 aromatic rings. The van der Waals surface area contributed by atoms with Crippen molar-refractivity contribution in [1.82, 2.24) is 19.7 Å². The number of nitrogens with one attached hydrogen (secondary N) is 1. The highest BCUT2D eigenvalue weighted by Gasteiger charge is 2.12. The summed E-state index contributed by atoms with van der Waals surface area (Å²) in [5, 5.41) is 7.68. The van der Waals surface area contributed by atoms with Crippen molar-refractivity contribution in [1.29, 1.82) is 0 Å². The first kappa shape index (κ1) is 20.1. The zero-order valence-electron chi connectivity index (χ0n) is 17.2. The first-order chi connectivity index (χ1) is 15.0. The highest BCUT2D eigenvalue weighted by atomic mass is 16.5. The lowest BCUT2D eigenvalue weighted by atomic mass is 10.2. The van der Waals surface area contributed by atoms with E-state index < -0.39 is 5.91 Å². The van der Waals surface area contributed by atoms with E-state index in [1.165, 1.54) is 0 Å². The van der Waals surface area contributed by atoms with Crippen LogP contribution in [0.2, 0.25) is 0 Å². The number of rotatable bonds is 7. The monoisotopic (exact) mass is 414 g/mol.